The highest BCUT2D eigenvalue weighted by atomic mass is 16.5. The van der Waals surface area contributed by atoms with Crippen LogP contribution in [-0.4, -0.2) is 48.1 Å². The smallest absolute Gasteiger partial charge is 0.200 e. The Balaban J connectivity index is 2.01. The van der Waals surface area contributed by atoms with Gasteiger partial charge in [0.25, 0.3) is 0 Å². The van der Waals surface area contributed by atoms with Gasteiger partial charge in [-0.1, -0.05) is 43.7 Å². The molecule has 132 valence electrons. The zero-order valence-electron chi connectivity index (χ0n) is 15.3. The van der Waals surface area contributed by atoms with Crippen LogP contribution in [0.3, 0.4) is 0 Å². The number of rotatable bonds is 5. The zero-order valence-corrected chi connectivity index (χ0v) is 15.3. The molecule has 1 aliphatic heterocycles. The number of unbranched alkanes of at least 4 members (excludes halogenated alkanes) is 2. The number of nitrogens with zero attached hydrogens (tertiary/aromatic N) is 1. The summed E-state index contributed by atoms with van der Waals surface area (Å²) < 4.78 is 5.56. The second-order valence-corrected chi connectivity index (χ2v) is 6.90. The van der Waals surface area contributed by atoms with Crippen LogP contribution in [0.5, 0.6) is 0 Å². The molecule has 1 heterocycles. The number of benzene rings is 1. The molecule has 0 spiro atoms. The van der Waals surface area contributed by atoms with Crippen molar-refractivity contribution < 1.29 is 14.6 Å². The summed E-state index contributed by atoms with van der Waals surface area (Å²) in [6, 6.07) is 7.50. The number of aliphatic hydroxyl groups excluding tert-OH is 1. The van der Waals surface area contributed by atoms with Crippen molar-refractivity contribution in [3.05, 3.63) is 35.4 Å². The van der Waals surface area contributed by atoms with Crippen LogP contribution in [0.2, 0.25) is 0 Å². The van der Waals surface area contributed by atoms with E-state index in [-0.39, 0.29) is 6.61 Å². The molecule has 25 heavy (non-hydrogen) atoms. The molecule has 1 N–H and O–H groups in total. The Morgan fingerprint density at radius 3 is 2.68 bits per heavy atom. The van der Waals surface area contributed by atoms with E-state index in [0.717, 1.165) is 12.0 Å². The van der Waals surface area contributed by atoms with Gasteiger partial charge in [0.1, 0.15) is 11.8 Å². The van der Waals surface area contributed by atoms with Gasteiger partial charge < -0.3 is 14.7 Å². The average molecular weight is 339 g/mol. The predicted molar refractivity (Wildman–Crippen MR) is 99.4 cm³/mol. The van der Waals surface area contributed by atoms with E-state index in [2.05, 4.69) is 30.9 Å². The molecule has 0 saturated carbocycles. The lowest BCUT2D eigenvalue weighted by Gasteiger charge is -2.34. The van der Waals surface area contributed by atoms with Gasteiger partial charge >= 0.3 is 0 Å². The third-order valence-electron chi connectivity index (χ3n) is 4.51. The first-order valence-electron chi connectivity index (χ1n) is 8.86. The number of carbonyl (C=O) groups excluding carboxylic acids is 1. The minimum absolute atomic E-state index is 0.210. The van der Waals surface area contributed by atoms with E-state index in [1.54, 1.807) is 13.8 Å². The van der Waals surface area contributed by atoms with Crippen molar-refractivity contribution in [1.82, 2.24) is 4.90 Å². The van der Waals surface area contributed by atoms with Gasteiger partial charge in [0.15, 0.2) is 5.81 Å². The van der Waals surface area contributed by atoms with Gasteiger partial charge in [-0.2, -0.15) is 0 Å². The number of ether oxygens (including phenoxy) is 1. The van der Waals surface area contributed by atoms with Gasteiger partial charge in [-0.05, 0) is 44.4 Å². The summed E-state index contributed by atoms with van der Waals surface area (Å²) in [6.45, 7) is 5.90. The van der Waals surface area contributed by atoms with E-state index in [9.17, 15) is 9.90 Å². The van der Waals surface area contributed by atoms with E-state index >= 15 is 0 Å². The number of aryl methyl sites for hydroxylation is 1. The largest absolute Gasteiger partial charge is 0.378 e. The van der Waals surface area contributed by atoms with Crippen LogP contribution in [0.25, 0.3) is 0 Å². The molecular weight excluding hydrogens is 313 g/mol. The highest BCUT2D eigenvalue weighted by molar-refractivity contribution is 6.57. The number of aliphatic hydroxyl groups is 1. The quantitative estimate of drug-likeness (QED) is 0.510. The standard InChI is InChI=1S/C20H26BNO3/c1-4-5-6-7-15-8-10-16(11-9-15)12-13-18(23)17-14-25-20(2,3)22(17)19(21)24/h8-11,17-18,23H,4-7,14H2,1-3H3/t17?,18-/m0/s1. The molecule has 5 heteroatoms. The van der Waals surface area contributed by atoms with Crippen LogP contribution >= 0.6 is 0 Å². The third-order valence-corrected chi connectivity index (χ3v) is 4.51. The van der Waals surface area contributed by atoms with Crippen molar-refractivity contribution in [2.45, 2.75) is 64.3 Å². The van der Waals surface area contributed by atoms with Crippen molar-refractivity contribution in [3.8, 4) is 11.8 Å². The summed E-state index contributed by atoms with van der Waals surface area (Å²) in [5.74, 6) is 5.16. The number of amides is 1. The minimum atomic E-state index is -1.02. The monoisotopic (exact) mass is 339 g/mol. The van der Waals surface area contributed by atoms with Crippen LogP contribution in [-0.2, 0) is 11.2 Å². The molecule has 1 aliphatic rings. The summed E-state index contributed by atoms with van der Waals surface area (Å²) in [4.78, 5) is 13.0. The van der Waals surface area contributed by atoms with E-state index < -0.39 is 23.7 Å². The van der Waals surface area contributed by atoms with Crippen LogP contribution in [0.15, 0.2) is 24.3 Å². The molecule has 1 aromatic carbocycles. The van der Waals surface area contributed by atoms with Crippen LogP contribution in [0, 0.1) is 11.8 Å². The molecular formula is C20H26BNO3. The van der Waals surface area contributed by atoms with Gasteiger partial charge in [0, 0.05) is 5.56 Å². The molecule has 1 unspecified atom stereocenters. The molecule has 1 saturated heterocycles. The number of hydrogen-bond acceptors (Lipinski definition) is 3. The average Bonchev–Trinajstić information content (AvgIpc) is 2.89. The molecule has 1 amide bonds. The Morgan fingerprint density at radius 2 is 2.08 bits per heavy atom. The maximum Gasteiger partial charge on any atom is 0.200 e. The van der Waals surface area contributed by atoms with Crippen molar-refractivity contribution >= 4 is 13.7 Å². The molecule has 2 rings (SSSR count). The van der Waals surface area contributed by atoms with Crippen molar-refractivity contribution in [1.29, 1.82) is 0 Å². The summed E-state index contributed by atoms with van der Waals surface area (Å²) in [6.07, 6.45) is 3.71. The topological polar surface area (TPSA) is 49.8 Å². The lowest BCUT2D eigenvalue weighted by atomic mass is 10.0. The van der Waals surface area contributed by atoms with E-state index in [1.807, 2.05) is 12.1 Å². The second kappa shape index (κ2) is 8.55. The Hall–Kier alpha value is -1.77. The van der Waals surface area contributed by atoms with Crippen molar-refractivity contribution in [3.63, 3.8) is 0 Å². The summed E-state index contributed by atoms with van der Waals surface area (Å²) >= 11 is 0. The maximum atomic E-state index is 11.7. The second-order valence-electron chi connectivity index (χ2n) is 6.90. The SMILES string of the molecule is [B]C(=O)N1C([C@@H](O)C#Cc2ccc(CCCCC)cc2)COC1(C)C. The van der Waals surface area contributed by atoms with E-state index in [4.69, 9.17) is 12.6 Å². The van der Waals surface area contributed by atoms with Gasteiger partial charge in [0.05, 0.1) is 12.6 Å². The molecule has 1 fully saturated rings. The Kier molecular flexibility index (Phi) is 6.69. The first-order valence-corrected chi connectivity index (χ1v) is 8.86. The Morgan fingerprint density at radius 1 is 1.40 bits per heavy atom. The molecule has 2 radical (unpaired) electrons. The summed E-state index contributed by atoms with van der Waals surface area (Å²) in [7, 11) is 5.42. The number of hydrogen-bond donors (Lipinski definition) is 1. The molecule has 0 aromatic heterocycles. The van der Waals surface area contributed by atoms with Crippen LogP contribution < -0.4 is 0 Å². The van der Waals surface area contributed by atoms with Gasteiger partial charge in [-0.3, -0.25) is 4.79 Å². The van der Waals surface area contributed by atoms with Crippen molar-refractivity contribution in [2.24, 2.45) is 0 Å². The molecule has 0 aliphatic carbocycles. The van der Waals surface area contributed by atoms with E-state index in [1.165, 1.54) is 29.7 Å². The Labute approximate surface area is 152 Å². The van der Waals surface area contributed by atoms with Crippen molar-refractivity contribution in [2.75, 3.05) is 6.61 Å². The first kappa shape index (κ1) is 19.6. The Bertz CT molecular complexity index is 645. The van der Waals surface area contributed by atoms with Gasteiger partial charge in [-0.15, -0.1) is 0 Å². The highest BCUT2D eigenvalue weighted by Crippen LogP contribution is 2.28. The predicted octanol–water partition coefficient (Wildman–Crippen LogP) is 2.86. The van der Waals surface area contributed by atoms with Crippen LogP contribution in [0.1, 0.15) is 51.2 Å². The van der Waals surface area contributed by atoms with E-state index in [0.29, 0.717) is 0 Å². The number of carbonyl (C=O) groups is 1. The van der Waals surface area contributed by atoms with Gasteiger partial charge in [-0.25, -0.2) is 0 Å². The first-order chi connectivity index (χ1) is 11.8. The highest BCUT2D eigenvalue weighted by Gasteiger charge is 2.44. The lowest BCUT2D eigenvalue weighted by Crippen LogP contribution is -2.51. The lowest BCUT2D eigenvalue weighted by molar-refractivity contribution is -0.0300. The fourth-order valence-corrected chi connectivity index (χ4v) is 3.08. The maximum absolute atomic E-state index is 11.7. The molecule has 2 atom stereocenters. The molecule has 4 nitrogen and oxygen atoms in total. The third kappa shape index (κ3) is 5.10. The zero-order chi connectivity index (χ0) is 18.4. The fourth-order valence-electron chi connectivity index (χ4n) is 3.08. The minimum Gasteiger partial charge on any atom is -0.378 e. The molecule has 1 aromatic rings. The van der Waals surface area contributed by atoms with Gasteiger partial charge in [0.2, 0.25) is 7.85 Å². The fraction of sp³-hybridized carbons (Fsp3) is 0.550. The van der Waals surface area contributed by atoms with Crippen LogP contribution in [0.4, 0.5) is 4.79 Å². The summed E-state index contributed by atoms with van der Waals surface area (Å²) in [5.41, 5.74) is 1.30. The molecule has 0 bridgehead atoms. The normalized spacial score (nSPS) is 20.0. The summed E-state index contributed by atoms with van der Waals surface area (Å²) in [5, 5.41) is 10.4.